The molecule has 1 aliphatic rings. The van der Waals surface area contributed by atoms with E-state index >= 15 is 0 Å². The maximum atomic E-state index is 13.0. The van der Waals surface area contributed by atoms with Gasteiger partial charge in [-0.05, 0) is 12.8 Å². The average Bonchev–Trinajstić information content (AvgIpc) is 2.23. The monoisotopic (exact) mass is 250 g/mol. The van der Waals surface area contributed by atoms with Crippen LogP contribution in [0.15, 0.2) is 0 Å². The smallest absolute Gasteiger partial charge is 0.248 e. The molecule has 1 rings (SSSR count). The number of amides is 2. The van der Waals surface area contributed by atoms with Crippen LogP contribution in [0.1, 0.15) is 25.7 Å². The Kier molecular flexibility index (Phi) is 4.39. The number of primary amides is 1. The van der Waals surface area contributed by atoms with Crippen LogP contribution in [0.25, 0.3) is 0 Å². The first kappa shape index (κ1) is 13.8. The lowest BCUT2D eigenvalue weighted by atomic mass is 9.86. The molecule has 17 heavy (non-hydrogen) atoms. The molecule has 0 heterocycles. The van der Waals surface area contributed by atoms with Crippen molar-refractivity contribution in [2.24, 2.45) is 11.7 Å². The number of carbonyl (C=O) groups excluding carboxylic acids is 2. The Balaban J connectivity index is 2.40. The first-order chi connectivity index (χ1) is 7.82. The number of aliphatic hydroxyl groups excluding tert-OH is 1. The minimum absolute atomic E-state index is 0.194. The fourth-order valence-corrected chi connectivity index (χ4v) is 1.84. The summed E-state index contributed by atoms with van der Waals surface area (Å²) in [5.74, 6) is -5.09. The zero-order valence-corrected chi connectivity index (χ0v) is 9.29. The van der Waals surface area contributed by atoms with Crippen LogP contribution in [-0.2, 0) is 9.59 Å². The lowest BCUT2D eigenvalue weighted by Gasteiger charge is -2.28. The number of aliphatic hydroxyl groups is 1. The number of carbonyl (C=O) groups is 2. The second-order valence-electron chi connectivity index (χ2n) is 4.31. The predicted molar refractivity (Wildman–Crippen MR) is 55.1 cm³/mol. The Labute approximate surface area is 97.4 Å². The van der Waals surface area contributed by atoms with Gasteiger partial charge >= 0.3 is 0 Å². The quantitative estimate of drug-likeness (QED) is 0.643. The van der Waals surface area contributed by atoms with Gasteiger partial charge in [-0.15, -0.1) is 0 Å². The van der Waals surface area contributed by atoms with Gasteiger partial charge in [-0.25, -0.2) is 8.78 Å². The first-order valence-corrected chi connectivity index (χ1v) is 5.45. The van der Waals surface area contributed by atoms with Crippen LogP contribution < -0.4 is 11.1 Å². The highest BCUT2D eigenvalue weighted by Crippen LogP contribution is 2.36. The van der Waals surface area contributed by atoms with Gasteiger partial charge in [0, 0.05) is 18.8 Å². The van der Waals surface area contributed by atoms with Gasteiger partial charge in [-0.1, -0.05) is 0 Å². The molecule has 2 unspecified atom stereocenters. The van der Waals surface area contributed by atoms with Gasteiger partial charge in [0.05, 0.1) is 6.54 Å². The van der Waals surface area contributed by atoms with Crippen molar-refractivity contribution in [1.82, 2.24) is 5.32 Å². The van der Waals surface area contributed by atoms with E-state index in [0.717, 1.165) is 0 Å². The number of alkyl halides is 2. The van der Waals surface area contributed by atoms with Gasteiger partial charge in [-0.3, -0.25) is 9.59 Å². The van der Waals surface area contributed by atoms with E-state index in [-0.39, 0.29) is 13.0 Å². The lowest BCUT2D eigenvalue weighted by Crippen LogP contribution is -2.43. The van der Waals surface area contributed by atoms with Crippen LogP contribution in [0.5, 0.6) is 0 Å². The normalized spacial score (nSPS) is 25.0. The fourth-order valence-electron chi connectivity index (χ4n) is 1.84. The Hall–Kier alpha value is -1.24. The van der Waals surface area contributed by atoms with Crippen molar-refractivity contribution in [3.8, 4) is 0 Å². The average molecular weight is 250 g/mol. The van der Waals surface area contributed by atoms with Crippen molar-refractivity contribution in [3.63, 3.8) is 0 Å². The summed E-state index contributed by atoms with van der Waals surface area (Å²) in [6.45, 7) is -0.337. The topological polar surface area (TPSA) is 92.4 Å². The van der Waals surface area contributed by atoms with Crippen LogP contribution in [0.3, 0.4) is 0 Å². The number of nitrogens with one attached hydrogen (secondary N) is 1. The summed E-state index contributed by atoms with van der Waals surface area (Å²) in [6, 6.07) is 0. The van der Waals surface area contributed by atoms with Gasteiger partial charge in [-0.2, -0.15) is 0 Å². The lowest BCUT2D eigenvalue weighted by molar-refractivity contribution is -0.133. The van der Waals surface area contributed by atoms with Gasteiger partial charge in [0.1, 0.15) is 6.10 Å². The van der Waals surface area contributed by atoms with E-state index in [1.165, 1.54) is 0 Å². The molecule has 4 N–H and O–H groups in total. The number of halogens is 2. The zero-order valence-electron chi connectivity index (χ0n) is 9.29. The van der Waals surface area contributed by atoms with Crippen molar-refractivity contribution in [2.45, 2.75) is 37.7 Å². The standard InChI is InChI=1S/C10H16F2N2O3/c11-10(12)3-1-2-6(4-10)9(17)14-5-7(15)8(13)16/h6-7,15H,1-5H2,(H2,13,16)(H,14,17). The van der Waals surface area contributed by atoms with Gasteiger partial charge in [0.2, 0.25) is 17.7 Å². The highest BCUT2D eigenvalue weighted by atomic mass is 19.3. The van der Waals surface area contributed by atoms with Crippen molar-refractivity contribution >= 4 is 11.8 Å². The summed E-state index contributed by atoms with van der Waals surface area (Å²) in [5, 5.41) is 11.3. The van der Waals surface area contributed by atoms with Crippen molar-refractivity contribution < 1.29 is 23.5 Å². The number of hydrogen-bond donors (Lipinski definition) is 3. The molecule has 0 spiro atoms. The SMILES string of the molecule is NC(=O)C(O)CNC(=O)C1CCCC(F)(F)C1. The third-order valence-electron chi connectivity index (χ3n) is 2.81. The molecule has 7 heteroatoms. The predicted octanol–water partition coefficient (Wildman–Crippen LogP) is -0.226. The van der Waals surface area contributed by atoms with E-state index in [4.69, 9.17) is 10.8 Å². The van der Waals surface area contributed by atoms with Crippen LogP contribution in [0.2, 0.25) is 0 Å². The minimum Gasteiger partial charge on any atom is -0.381 e. The second-order valence-corrected chi connectivity index (χ2v) is 4.31. The molecule has 0 aliphatic heterocycles. The van der Waals surface area contributed by atoms with E-state index in [0.29, 0.717) is 12.8 Å². The maximum absolute atomic E-state index is 13.0. The van der Waals surface area contributed by atoms with Gasteiger partial charge < -0.3 is 16.2 Å². The minimum atomic E-state index is -2.80. The molecule has 0 aromatic rings. The zero-order chi connectivity index (χ0) is 13.1. The van der Waals surface area contributed by atoms with E-state index in [2.05, 4.69) is 5.32 Å². The first-order valence-electron chi connectivity index (χ1n) is 5.45. The third kappa shape index (κ3) is 4.26. The molecule has 1 saturated carbocycles. The Morgan fingerprint density at radius 3 is 2.71 bits per heavy atom. The summed E-state index contributed by atoms with van der Waals surface area (Å²) in [4.78, 5) is 22.0. The van der Waals surface area contributed by atoms with Crippen molar-refractivity contribution in [2.75, 3.05) is 6.54 Å². The van der Waals surface area contributed by atoms with Crippen LogP contribution in [0, 0.1) is 5.92 Å². The summed E-state index contributed by atoms with van der Waals surface area (Å²) in [6.07, 6.45) is -1.47. The maximum Gasteiger partial charge on any atom is 0.248 e. The molecule has 0 radical (unpaired) electrons. The van der Waals surface area contributed by atoms with E-state index < -0.39 is 36.2 Å². The summed E-state index contributed by atoms with van der Waals surface area (Å²) >= 11 is 0. The molecule has 0 aromatic heterocycles. The fraction of sp³-hybridized carbons (Fsp3) is 0.800. The molecule has 0 saturated heterocycles. The number of rotatable bonds is 4. The van der Waals surface area contributed by atoms with Crippen molar-refractivity contribution in [1.29, 1.82) is 0 Å². The molecule has 5 nitrogen and oxygen atoms in total. The molecule has 1 fully saturated rings. The molecule has 2 atom stereocenters. The molecule has 2 amide bonds. The highest BCUT2D eigenvalue weighted by molar-refractivity contribution is 5.82. The summed E-state index contributed by atoms with van der Waals surface area (Å²) in [5.41, 5.74) is 4.78. The molecule has 0 aromatic carbocycles. The third-order valence-corrected chi connectivity index (χ3v) is 2.81. The van der Waals surface area contributed by atoms with E-state index in [9.17, 15) is 18.4 Å². The Bertz CT molecular complexity index is 310. The molecular formula is C10H16F2N2O3. The van der Waals surface area contributed by atoms with Gasteiger partial charge in [0.25, 0.3) is 0 Å². The number of nitrogens with two attached hydrogens (primary N) is 1. The van der Waals surface area contributed by atoms with Crippen LogP contribution in [-0.4, -0.2) is 35.5 Å². The van der Waals surface area contributed by atoms with E-state index in [1.807, 2.05) is 0 Å². The van der Waals surface area contributed by atoms with Crippen LogP contribution >= 0.6 is 0 Å². The molecule has 1 aliphatic carbocycles. The molecule has 98 valence electrons. The van der Waals surface area contributed by atoms with Crippen LogP contribution in [0.4, 0.5) is 8.78 Å². The van der Waals surface area contributed by atoms with Crippen molar-refractivity contribution in [3.05, 3.63) is 0 Å². The molecule has 0 bridgehead atoms. The largest absolute Gasteiger partial charge is 0.381 e. The Morgan fingerprint density at radius 1 is 1.53 bits per heavy atom. The molecular weight excluding hydrogens is 234 g/mol. The van der Waals surface area contributed by atoms with E-state index in [1.54, 1.807) is 0 Å². The summed E-state index contributed by atoms with van der Waals surface area (Å²) < 4.78 is 26.1. The van der Waals surface area contributed by atoms with Gasteiger partial charge in [0.15, 0.2) is 0 Å². The Morgan fingerprint density at radius 2 is 2.18 bits per heavy atom. The summed E-state index contributed by atoms with van der Waals surface area (Å²) in [7, 11) is 0. The second kappa shape index (κ2) is 5.39. The number of hydrogen-bond acceptors (Lipinski definition) is 3. The highest BCUT2D eigenvalue weighted by Gasteiger charge is 2.39.